The van der Waals surface area contributed by atoms with Crippen LogP contribution in [-0.4, -0.2) is 19.1 Å². The van der Waals surface area contributed by atoms with Crippen LogP contribution < -0.4 is 15.5 Å². The molecule has 0 aliphatic carbocycles. The molecule has 0 aliphatic rings. The molecule has 0 fully saturated rings. The number of urea groups is 1. The van der Waals surface area contributed by atoms with Crippen LogP contribution in [0.1, 0.15) is 13.8 Å². The molecule has 0 aromatic heterocycles. The van der Waals surface area contributed by atoms with Crippen LogP contribution in [-0.2, 0) is 0 Å². The van der Waals surface area contributed by atoms with E-state index in [-0.39, 0.29) is 5.69 Å². The molecular formula is C17H19F2N3O. The fourth-order valence-corrected chi connectivity index (χ4v) is 2.22. The molecular weight excluding hydrogens is 300 g/mol. The average Bonchev–Trinajstić information content (AvgIpc) is 2.53. The first-order valence-corrected chi connectivity index (χ1v) is 7.41. The largest absolute Gasteiger partial charge is 0.372 e. The van der Waals surface area contributed by atoms with E-state index >= 15 is 0 Å². The van der Waals surface area contributed by atoms with Gasteiger partial charge in [-0.2, -0.15) is 0 Å². The highest BCUT2D eigenvalue weighted by Gasteiger charge is 2.09. The minimum atomic E-state index is -0.696. The number of halogens is 2. The summed E-state index contributed by atoms with van der Waals surface area (Å²) in [4.78, 5) is 14.0. The summed E-state index contributed by atoms with van der Waals surface area (Å²) in [5.41, 5.74) is 1.41. The van der Waals surface area contributed by atoms with Gasteiger partial charge in [0.25, 0.3) is 0 Å². The molecule has 23 heavy (non-hydrogen) atoms. The first-order chi connectivity index (χ1) is 11.0. The number of hydrogen-bond acceptors (Lipinski definition) is 2. The van der Waals surface area contributed by atoms with E-state index in [1.165, 1.54) is 0 Å². The molecule has 0 saturated heterocycles. The molecule has 0 radical (unpaired) electrons. The SMILES string of the molecule is CCN(CC)c1ccc(NC(=O)Nc2cc(F)ccc2F)cc1. The van der Waals surface area contributed by atoms with Crippen LogP contribution >= 0.6 is 0 Å². The second-order valence-corrected chi connectivity index (χ2v) is 4.92. The van der Waals surface area contributed by atoms with E-state index in [0.29, 0.717) is 5.69 Å². The van der Waals surface area contributed by atoms with Crippen LogP contribution in [0.5, 0.6) is 0 Å². The number of rotatable bonds is 5. The first kappa shape index (κ1) is 16.7. The molecule has 2 N–H and O–H groups in total. The molecule has 0 atom stereocenters. The molecule has 0 unspecified atom stereocenters. The predicted octanol–water partition coefficient (Wildman–Crippen LogP) is 4.46. The number of nitrogens with one attached hydrogen (secondary N) is 2. The maximum atomic E-state index is 13.5. The van der Waals surface area contributed by atoms with Crippen LogP contribution in [0.3, 0.4) is 0 Å². The van der Waals surface area contributed by atoms with Crippen molar-refractivity contribution in [3.05, 3.63) is 54.1 Å². The predicted molar refractivity (Wildman–Crippen MR) is 89.0 cm³/mol. The smallest absolute Gasteiger partial charge is 0.323 e. The number of nitrogens with zero attached hydrogens (tertiary/aromatic N) is 1. The van der Waals surface area contributed by atoms with Gasteiger partial charge in [-0.3, -0.25) is 0 Å². The Balaban J connectivity index is 2.01. The van der Waals surface area contributed by atoms with Gasteiger partial charge in [-0.25, -0.2) is 13.6 Å². The second-order valence-electron chi connectivity index (χ2n) is 4.92. The van der Waals surface area contributed by atoms with Gasteiger partial charge in [-0.1, -0.05) is 0 Å². The molecule has 0 heterocycles. The summed E-state index contributed by atoms with van der Waals surface area (Å²) in [6.07, 6.45) is 0. The van der Waals surface area contributed by atoms with E-state index in [9.17, 15) is 13.6 Å². The van der Waals surface area contributed by atoms with Gasteiger partial charge in [-0.05, 0) is 50.2 Å². The van der Waals surface area contributed by atoms with Crippen molar-refractivity contribution in [3.8, 4) is 0 Å². The Morgan fingerprint density at radius 1 is 1.00 bits per heavy atom. The number of hydrogen-bond donors (Lipinski definition) is 2. The van der Waals surface area contributed by atoms with Gasteiger partial charge in [0.1, 0.15) is 11.6 Å². The quantitative estimate of drug-likeness (QED) is 0.855. The van der Waals surface area contributed by atoms with Gasteiger partial charge in [0.05, 0.1) is 5.69 Å². The Bertz CT molecular complexity index is 670. The normalized spacial score (nSPS) is 10.3. The molecule has 2 rings (SSSR count). The van der Waals surface area contributed by atoms with Crippen LogP contribution in [0.15, 0.2) is 42.5 Å². The maximum Gasteiger partial charge on any atom is 0.323 e. The lowest BCUT2D eigenvalue weighted by molar-refractivity contribution is 0.262. The zero-order chi connectivity index (χ0) is 16.8. The lowest BCUT2D eigenvalue weighted by Crippen LogP contribution is -2.22. The van der Waals surface area contributed by atoms with Crippen molar-refractivity contribution in [1.29, 1.82) is 0 Å². The van der Waals surface area contributed by atoms with E-state index in [1.807, 2.05) is 12.1 Å². The fourth-order valence-electron chi connectivity index (χ4n) is 2.22. The van der Waals surface area contributed by atoms with Crippen LogP contribution in [0.25, 0.3) is 0 Å². The standard InChI is InChI=1S/C17H19F2N3O/c1-3-22(4-2)14-8-6-13(7-9-14)20-17(23)21-16-11-12(18)5-10-15(16)19/h5-11H,3-4H2,1-2H3,(H2,20,21,23). The van der Waals surface area contributed by atoms with Crippen molar-refractivity contribution in [2.24, 2.45) is 0 Å². The highest BCUT2D eigenvalue weighted by Crippen LogP contribution is 2.19. The van der Waals surface area contributed by atoms with Gasteiger partial charge < -0.3 is 15.5 Å². The van der Waals surface area contributed by atoms with Crippen molar-refractivity contribution < 1.29 is 13.6 Å². The zero-order valence-corrected chi connectivity index (χ0v) is 13.1. The summed E-state index contributed by atoms with van der Waals surface area (Å²) in [7, 11) is 0. The van der Waals surface area contributed by atoms with E-state index in [2.05, 4.69) is 29.4 Å². The van der Waals surface area contributed by atoms with E-state index in [1.54, 1.807) is 12.1 Å². The Kier molecular flexibility index (Phi) is 5.51. The van der Waals surface area contributed by atoms with E-state index in [0.717, 1.165) is 37.0 Å². The van der Waals surface area contributed by atoms with E-state index in [4.69, 9.17) is 0 Å². The number of anilines is 3. The van der Waals surface area contributed by atoms with Crippen LogP contribution in [0.2, 0.25) is 0 Å². The molecule has 6 heteroatoms. The van der Waals surface area contributed by atoms with Crippen molar-refractivity contribution in [2.45, 2.75) is 13.8 Å². The minimum Gasteiger partial charge on any atom is -0.372 e. The molecule has 4 nitrogen and oxygen atoms in total. The summed E-state index contributed by atoms with van der Waals surface area (Å²) in [6, 6.07) is 9.55. The second kappa shape index (κ2) is 7.58. The topological polar surface area (TPSA) is 44.4 Å². The molecule has 2 amide bonds. The van der Waals surface area contributed by atoms with Crippen molar-refractivity contribution >= 4 is 23.1 Å². The average molecular weight is 319 g/mol. The zero-order valence-electron chi connectivity index (χ0n) is 13.1. The molecule has 2 aromatic carbocycles. The Morgan fingerprint density at radius 2 is 1.65 bits per heavy atom. The van der Waals surface area contributed by atoms with Crippen LogP contribution in [0.4, 0.5) is 30.6 Å². The molecule has 0 spiro atoms. The molecule has 2 aromatic rings. The third-order valence-corrected chi connectivity index (χ3v) is 3.43. The monoisotopic (exact) mass is 319 g/mol. The number of amides is 2. The first-order valence-electron chi connectivity index (χ1n) is 7.41. The molecule has 0 saturated carbocycles. The van der Waals surface area contributed by atoms with Gasteiger partial charge in [-0.15, -0.1) is 0 Å². The lowest BCUT2D eigenvalue weighted by Gasteiger charge is -2.21. The Hall–Kier alpha value is -2.63. The Morgan fingerprint density at radius 3 is 2.26 bits per heavy atom. The number of carbonyl (C=O) groups is 1. The van der Waals surface area contributed by atoms with Crippen LogP contribution in [0, 0.1) is 11.6 Å². The summed E-state index contributed by atoms with van der Waals surface area (Å²) in [5, 5.41) is 4.87. The number of benzene rings is 2. The fraction of sp³-hybridized carbons (Fsp3) is 0.235. The van der Waals surface area contributed by atoms with Crippen molar-refractivity contribution in [3.63, 3.8) is 0 Å². The molecule has 0 bridgehead atoms. The molecule has 0 aliphatic heterocycles. The third kappa shape index (κ3) is 4.42. The van der Waals surface area contributed by atoms with Gasteiger partial charge in [0.2, 0.25) is 0 Å². The van der Waals surface area contributed by atoms with Gasteiger partial charge in [0, 0.05) is 30.5 Å². The van der Waals surface area contributed by atoms with Gasteiger partial charge in [0.15, 0.2) is 0 Å². The molecule has 122 valence electrons. The third-order valence-electron chi connectivity index (χ3n) is 3.43. The lowest BCUT2D eigenvalue weighted by atomic mass is 10.2. The van der Waals surface area contributed by atoms with Gasteiger partial charge >= 0.3 is 6.03 Å². The maximum absolute atomic E-state index is 13.5. The summed E-state index contributed by atoms with van der Waals surface area (Å²) >= 11 is 0. The minimum absolute atomic E-state index is 0.206. The summed E-state index contributed by atoms with van der Waals surface area (Å²) in [6.45, 7) is 5.92. The highest BCUT2D eigenvalue weighted by molar-refractivity contribution is 5.99. The summed E-state index contributed by atoms with van der Waals surface area (Å²) in [5.74, 6) is -1.32. The Labute approximate surface area is 134 Å². The van der Waals surface area contributed by atoms with Crippen molar-refractivity contribution in [2.75, 3.05) is 28.6 Å². The van der Waals surface area contributed by atoms with Crippen molar-refractivity contribution in [1.82, 2.24) is 0 Å². The highest BCUT2D eigenvalue weighted by atomic mass is 19.1. The summed E-state index contributed by atoms with van der Waals surface area (Å²) < 4.78 is 26.5. The van der Waals surface area contributed by atoms with E-state index < -0.39 is 17.7 Å². The number of carbonyl (C=O) groups excluding carboxylic acids is 1.